The zero-order valence-corrected chi connectivity index (χ0v) is 14.0. The maximum absolute atomic E-state index is 12.7. The van der Waals surface area contributed by atoms with E-state index in [9.17, 15) is 9.59 Å². The highest BCUT2D eigenvalue weighted by Gasteiger charge is 2.22. The maximum atomic E-state index is 12.7. The number of amides is 2. The number of nitrogens with one attached hydrogen (secondary N) is 2. The van der Waals surface area contributed by atoms with Crippen molar-refractivity contribution in [3.05, 3.63) is 102 Å². The molecule has 0 unspecified atom stereocenters. The molecule has 1 aromatic heterocycles. The van der Waals surface area contributed by atoms with Crippen molar-refractivity contribution >= 4 is 17.9 Å². The topological polar surface area (TPSA) is 71.3 Å². The summed E-state index contributed by atoms with van der Waals surface area (Å²) in [4.78, 5) is 24.6. The number of hydrogen-bond acceptors (Lipinski definition) is 3. The number of benzene rings is 2. The smallest absolute Gasteiger partial charge is 0.262 e. The minimum absolute atomic E-state index is 0.317. The third-order valence-corrected chi connectivity index (χ3v) is 3.78. The fraction of sp³-hybridized carbons (Fsp3) is 0.0476. The molecule has 0 spiro atoms. The van der Waals surface area contributed by atoms with Gasteiger partial charge in [-0.15, -0.1) is 0 Å². The number of carbonyl (C=O) groups excluding carboxylic acids is 2. The Labute approximate surface area is 151 Å². The van der Waals surface area contributed by atoms with E-state index in [-0.39, 0.29) is 5.91 Å². The van der Waals surface area contributed by atoms with Crippen molar-refractivity contribution < 1.29 is 14.0 Å². The van der Waals surface area contributed by atoms with E-state index >= 15 is 0 Å². The van der Waals surface area contributed by atoms with Crippen LogP contribution in [0.2, 0.25) is 0 Å². The highest BCUT2D eigenvalue weighted by Crippen LogP contribution is 2.24. The zero-order chi connectivity index (χ0) is 18.2. The van der Waals surface area contributed by atoms with Gasteiger partial charge in [0, 0.05) is 6.08 Å². The molecule has 0 aliphatic heterocycles. The van der Waals surface area contributed by atoms with E-state index in [2.05, 4.69) is 10.9 Å². The molecular weight excluding hydrogens is 328 g/mol. The van der Waals surface area contributed by atoms with E-state index in [1.54, 1.807) is 12.1 Å². The molecule has 2 amide bonds. The third-order valence-electron chi connectivity index (χ3n) is 3.78. The second kappa shape index (κ2) is 8.48. The van der Waals surface area contributed by atoms with E-state index in [0.29, 0.717) is 5.76 Å². The molecule has 0 bridgehead atoms. The summed E-state index contributed by atoms with van der Waals surface area (Å²) >= 11 is 0. The summed E-state index contributed by atoms with van der Waals surface area (Å²) in [5, 5.41) is 0. The van der Waals surface area contributed by atoms with Gasteiger partial charge in [-0.2, -0.15) is 0 Å². The van der Waals surface area contributed by atoms with Crippen molar-refractivity contribution in [2.75, 3.05) is 0 Å². The van der Waals surface area contributed by atoms with Crippen LogP contribution in [0.5, 0.6) is 0 Å². The van der Waals surface area contributed by atoms with E-state index < -0.39 is 11.8 Å². The average Bonchev–Trinajstić information content (AvgIpc) is 3.20. The molecule has 0 fully saturated rings. The van der Waals surface area contributed by atoms with E-state index in [4.69, 9.17) is 4.42 Å². The van der Waals surface area contributed by atoms with Crippen LogP contribution in [0, 0.1) is 0 Å². The lowest BCUT2D eigenvalue weighted by Crippen LogP contribution is -2.43. The molecule has 3 rings (SSSR count). The normalized spacial score (nSPS) is 10.8. The first-order chi connectivity index (χ1) is 12.7. The van der Waals surface area contributed by atoms with Gasteiger partial charge in [0.05, 0.1) is 12.2 Å². The van der Waals surface area contributed by atoms with Gasteiger partial charge >= 0.3 is 0 Å². The van der Waals surface area contributed by atoms with Crippen LogP contribution < -0.4 is 10.9 Å². The summed E-state index contributed by atoms with van der Waals surface area (Å²) in [5.74, 6) is -0.735. The molecule has 2 N–H and O–H groups in total. The number of hydrazine groups is 1. The van der Waals surface area contributed by atoms with Gasteiger partial charge in [-0.3, -0.25) is 20.4 Å². The van der Waals surface area contributed by atoms with Crippen molar-refractivity contribution in [3.63, 3.8) is 0 Å². The van der Waals surface area contributed by atoms with E-state index in [1.165, 1.54) is 18.4 Å². The molecule has 1 heterocycles. The summed E-state index contributed by atoms with van der Waals surface area (Å²) in [6.45, 7) is 0. The number of furan rings is 1. The minimum Gasteiger partial charge on any atom is -0.465 e. The van der Waals surface area contributed by atoms with Gasteiger partial charge in [-0.1, -0.05) is 60.7 Å². The molecular formula is C21H18N2O3. The second-order valence-corrected chi connectivity index (χ2v) is 5.58. The molecule has 130 valence electrons. The van der Waals surface area contributed by atoms with Gasteiger partial charge < -0.3 is 4.42 Å². The molecule has 0 aliphatic rings. The van der Waals surface area contributed by atoms with E-state index in [1.807, 2.05) is 60.7 Å². The molecule has 0 radical (unpaired) electrons. The van der Waals surface area contributed by atoms with Crippen molar-refractivity contribution in [2.24, 2.45) is 0 Å². The standard InChI is InChI=1S/C21H18N2O3/c24-19(14-13-18-12-7-15-26-18)22-23-21(25)20(16-8-3-1-4-9-16)17-10-5-2-6-11-17/h1-15,20H,(H,22,24)(H,23,25)/b14-13-. The Hall–Kier alpha value is -3.60. The van der Waals surface area contributed by atoms with Crippen molar-refractivity contribution in [1.82, 2.24) is 10.9 Å². The molecule has 5 nitrogen and oxygen atoms in total. The zero-order valence-electron chi connectivity index (χ0n) is 14.0. The van der Waals surface area contributed by atoms with Gasteiger partial charge in [0.1, 0.15) is 5.76 Å². The number of hydrogen-bond donors (Lipinski definition) is 2. The summed E-state index contributed by atoms with van der Waals surface area (Å²) in [5.41, 5.74) is 6.58. The maximum Gasteiger partial charge on any atom is 0.262 e. The van der Waals surface area contributed by atoms with Crippen LogP contribution in [0.3, 0.4) is 0 Å². The lowest BCUT2D eigenvalue weighted by molar-refractivity contribution is -0.127. The molecule has 0 atom stereocenters. The van der Waals surface area contributed by atoms with Crippen LogP contribution in [0.1, 0.15) is 22.8 Å². The third kappa shape index (κ3) is 4.48. The van der Waals surface area contributed by atoms with E-state index in [0.717, 1.165) is 11.1 Å². The predicted octanol–water partition coefficient (Wildman–Crippen LogP) is 3.27. The molecule has 0 saturated carbocycles. The molecule has 0 aliphatic carbocycles. The number of rotatable bonds is 5. The highest BCUT2D eigenvalue weighted by atomic mass is 16.3. The van der Waals surface area contributed by atoms with Crippen LogP contribution in [0.15, 0.2) is 89.6 Å². The van der Waals surface area contributed by atoms with Gasteiger partial charge in [0.25, 0.3) is 5.91 Å². The Morgan fingerprint density at radius 2 is 1.42 bits per heavy atom. The van der Waals surface area contributed by atoms with Crippen molar-refractivity contribution in [1.29, 1.82) is 0 Å². The average molecular weight is 346 g/mol. The summed E-state index contributed by atoms with van der Waals surface area (Å²) in [6.07, 6.45) is 4.33. The van der Waals surface area contributed by atoms with Crippen molar-refractivity contribution in [3.8, 4) is 0 Å². The first-order valence-corrected chi connectivity index (χ1v) is 8.15. The fourth-order valence-electron chi connectivity index (χ4n) is 2.57. The summed E-state index contributed by atoms with van der Waals surface area (Å²) < 4.78 is 5.11. The quantitative estimate of drug-likeness (QED) is 0.550. The first-order valence-electron chi connectivity index (χ1n) is 8.15. The Balaban J connectivity index is 1.69. The first kappa shape index (κ1) is 17.2. The Morgan fingerprint density at radius 3 is 1.96 bits per heavy atom. The lowest BCUT2D eigenvalue weighted by atomic mass is 9.91. The van der Waals surface area contributed by atoms with Gasteiger partial charge in [-0.05, 0) is 29.3 Å². The molecule has 5 heteroatoms. The van der Waals surface area contributed by atoms with Gasteiger partial charge in [0.15, 0.2) is 0 Å². The Kier molecular flexibility index (Phi) is 5.62. The lowest BCUT2D eigenvalue weighted by Gasteiger charge is -2.17. The molecule has 2 aromatic carbocycles. The summed E-state index contributed by atoms with van der Waals surface area (Å²) in [7, 11) is 0. The summed E-state index contributed by atoms with van der Waals surface area (Å²) in [6, 6.07) is 22.3. The van der Waals surface area contributed by atoms with Gasteiger partial charge in [-0.25, -0.2) is 0 Å². The van der Waals surface area contributed by atoms with Gasteiger partial charge in [0.2, 0.25) is 5.91 Å². The monoisotopic (exact) mass is 346 g/mol. The van der Waals surface area contributed by atoms with Crippen LogP contribution in [0.25, 0.3) is 6.08 Å². The second-order valence-electron chi connectivity index (χ2n) is 5.58. The predicted molar refractivity (Wildman–Crippen MR) is 98.8 cm³/mol. The van der Waals surface area contributed by atoms with Crippen LogP contribution in [0.4, 0.5) is 0 Å². The SMILES string of the molecule is O=C(/C=C\c1ccco1)NNC(=O)C(c1ccccc1)c1ccccc1. The van der Waals surface area contributed by atoms with Crippen molar-refractivity contribution in [2.45, 2.75) is 5.92 Å². The van der Waals surface area contributed by atoms with Crippen LogP contribution in [-0.4, -0.2) is 11.8 Å². The largest absolute Gasteiger partial charge is 0.465 e. The molecule has 3 aromatic rings. The highest BCUT2D eigenvalue weighted by molar-refractivity contribution is 5.94. The van der Waals surface area contributed by atoms with Crippen LogP contribution in [-0.2, 0) is 9.59 Å². The molecule has 26 heavy (non-hydrogen) atoms. The van der Waals surface area contributed by atoms with Crippen LogP contribution >= 0.6 is 0 Å². The number of carbonyl (C=O) groups is 2. The molecule has 0 saturated heterocycles. The Morgan fingerprint density at radius 1 is 0.808 bits per heavy atom. The Bertz CT molecular complexity index is 833. The minimum atomic E-state index is -0.522. The fourth-order valence-corrected chi connectivity index (χ4v) is 2.57.